The third-order valence-corrected chi connectivity index (χ3v) is 2.78. The molecule has 6 heteroatoms. The highest BCUT2D eigenvalue weighted by Crippen LogP contribution is 2.21. The molecule has 0 bridgehead atoms. The summed E-state index contributed by atoms with van der Waals surface area (Å²) in [6, 6.07) is 3.61. The lowest BCUT2D eigenvalue weighted by atomic mass is 10.1. The van der Waals surface area contributed by atoms with Crippen molar-refractivity contribution in [2.24, 2.45) is 0 Å². The maximum absolute atomic E-state index is 12.3. The van der Waals surface area contributed by atoms with E-state index in [0.29, 0.717) is 5.82 Å². The van der Waals surface area contributed by atoms with Crippen LogP contribution in [0.15, 0.2) is 18.3 Å². The number of alkyl halides is 3. The Morgan fingerprint density at radius 3 is 2.68 bits per heavy atom. The molecule has 19 heavy (non-hydrogen) atoms. The van der Waals surface area contributed by atoms with Gasteiger partial charge in [-0.15, -0.1) is 0 Å². The summed E-state index contributed by atoms with van der Waals surface area (Å²) in [7, 11) is 1.39. The normalized spacial score (nSPS) is 13.4. The lowest BCUT2D eigenvalue weighted by molar-refractivity contribution is -0.119. The van der Waals surface area contributed by atoms with Gasteiger partial charge in [-0.3, -0.25) is 0 Å². The molecule has 0 aromatic carbocycles. The van der Waals surface area contributed by atoms with Crippen molar-refractivity contribution in [2.75, 3.05) is 25.0 Å². The summed E-state index contributed by atoms with van der Waals surface area (Å²) in [5, 5.41) is 3.29. The fourth-order valence-corrected chi connectivity index (χ4v) is 1.74. The van der Waals surface area contributed by atoms with Gasteiger partial charge >= 0.3 is 6.18 Å². The molecule has 0 aliphatic rings. The molecule has 3 nitrogen and oxygen atoms in total. The van der Waals surface area contributed by atoms with Crippen molar-refractivity contribution >= 4 is 5.82 Å². The third-order valence-electron chi connectivity index (χ3n) is 2.78. The summed E-state index contributed by atoms with van der Waals surface area (Å²) in [6.07, 6.45) is -1.67. The van der Waals surface area contributed by atoms with Crippen molar-refractivity contribution in [3.05, 3.63) is 23.9 Å². The first-order valence-corrected chi connectivity index (χ1v) is 6.30. The average Bonchev–Trinajstić information content (AvgIpc) is 2.34. The quantitative estimate of drug-likeness (QED) is 0.864. The number of hydrogen-bond donors (Lipinski definition) is 1. The van der Waals surface area contributed by atoms with Gasteiger partial charge in [0, 0.05) is 19.3 Å². The highest BCUT2D eigenvalue weighted by molar-refractivity contribution is 5.41. The summed E-state index contributed by atoms with van der Waals surface area (Å²) in [6.45, 7) is 3.92. The van der Waals surface area contributed by atoms with Crippen LogP contribution in [0.1, 0.15) is 31.9 Å². The molecule has 0 aliphatic carbocycles. The highest BCUT2D eigenvalue weighted by Gasteiger charge is 2.29. The van der Waals surface area contributed by atoms with Crippen LogP contribution in [-0.4, -0.2) is 31.3 Å². The Bertz CT molecular complexity index is 393. The van der Waals surface area contributed by atoms with Gasteiger partial charge in [0.15, 0.2) is 0 Å². The van der Waals surface area contributed by atoms with Crippen molar-refractivity contribution in [3.63, 3.8) is 0 Å². The molecule has 0 amide bonds. The van der Waals surface area contributed by atoms with Crippen LogP contribution in [0, 0.1) is 0 Å². The van der Waals surface area contributed by atoms with Crippen LogP contribution in [0.2, 0.25) is 0 Å². The van der Waals surface area contributed by atoms with Gasteiger partial charge in [0.1, 0.15) is 12.4 Å². The van der Waals surface area contributed by atoms with Crippen molar-refractivity contribution < 1.29 is 13.2 Å². The van der Waals surface area contributed by atoms with Crippen LogP contribution >= 0.6 is 0 Å². The van der Waals surface area contributed by atoms with E-state index in [4.69, 9.17) is 0 Å². The Labute approximate surface area is 111 Å². The van der Waals surface area contributed by atoms with Gasteiger partial charge in [0.2, 0.25) is 0 Å². The molecular weight excluding hydrogens is 255 g/mol. The van der Waals surface area contributed by atoms with E-state index < -0.39 is 12.7 Å². The maximum Gasteiger partial charge on any atom is 0.405 e. The monoisotopic (exact) mass is 275 g/mol. The van der Waals surface area contributed by atoms with E-state index >= 15 is 0 Å². The average molecular weight is 275 g/mol. The smallest absolute Gasteiger partial charge is 0.351 e. The standard InChI is InChI=1S/C13H20F3N3/c1-4-6-17-10(2)11-5-7-18-12(8-11)19(3)9-13(14,15)16/h5,7-8,10,17H,4,6,9H2,1-3H3. The van der Waals surface area contributed by atoms with Crippen molar-refractivity contribution in [3.8, 4) is 0 Å². The Kier molecular flexibility index (Phi) is 5.60. The minimum Gasteiger partial charge on any atom is -0.351 e. The fourth-order valence-electron chi connectivity index (χ4n) is 1.74. The second-order valence-corrected chi connectivity index (χ2v) is 4.59. The molecule has 1 aromatic rings. The molecule has 1 rings (SSSR count). The lowest BCUT2D eigenvalue weighted by Gasteiger charge is -2.21. The molecule has 108 valence electrons. The number of anilines is 1. The number of aromatic nitrogens is 1. The molecule has 1 N–H and O–H groups in total. The molecule has 1 aromatic heterocycles. The van der Waals surface area contributed by atoms with Crippen molar-refractivity contribution in [1.82, 2.24) is 10.3 Å². The van der Waals surface area contributed by atoms with E-state index in [9.17, 15) is 13.2 Å². The summed E-state index contributed by atoms with van der Waals surface area (Å²) in [4.78, 5) is 5.09. The number of hydrogen-bond acceptors (Lipinski definition) is 3. The van der Waals surface area contributed by atoms with E-state index in [2.05, 4.69) is 17.2 Å². The van der Waals surface area contributed by atoms with Crippen LogP contribution in [-0.2, 0) is 0 Å². The van der Waals surface area contributed by atoms with Crippen LogP contribution < -0.4 is 10.2 Å². The summed E-state index contributed by atoms with van der Waals surface area (Å²) in [5.41, 5.74) is 0.937. The van der Waals surface area contributed by atoms with Gasteiger partial charge in [-0.2, -0.15) is 13.2 Å². The Balaban J connectivity index is 2.76. The predicted molar refractivity (Wildman–Crippen MR) is 70.3 cm³/mol. The van der Waals surface area contributed by atoms with Gasteiger partial charge in [-0.1, -0.05) is 6.92 Å². The number of halogens is 3. The van der Waals surface area contributed by atoms with Crippen molar-refractivity contribution in [2.45, 2.75) is 32.5 Å². The SMILES string of the molecule is CCCNC(C)c1ccnc(N(C)CC(F)(F)F)c1. The van der Waals surface area contributed by atoms with Gasteiger partial charge < -0.3 is 10.2 Å². The van der Waals surface area contributed by atoms with Gasteiger partial charge in [0.05, 0.1) is 0 Å². The zero-order chi connectivity index (χ0) is 14.5. The molecular formula is C13H20F3N3. The molecule has 1 heterocycles. The maximum atomic E-state index is 12.3. The van der Waals surface area contributed by atoms with Crippen LogP contribution in [0.5, 0.6) is 0 Å². The van der Waals surface area contributed by atoms with Crippen molar-refractivity contribution in [1.29, 1.82) is 0 Å². The first-order valence-electron chi connectivity index (χ1n) is 6.30. The second kappa shape index (κ2) is 6.75. The van der Waals surface area contributed by atoms with E-state index in [0.717, 1.165) is 23.4 Å². The number of rotatable bonds is 6. The Morgan fingerprint density at radius 1 is 1.42 bits per heavy atom. The fraction of sp³-hybridized carbons (Fsp3) is 0.615. The summed E-state index contributed by atoms with van der Waals surface area (Å²) < 4.78 is 37.0. The van der Waals surface area contributed by atoms with Gasteiger partial charge in [0.25, 0.3) is 0 Å². The first kappa shape index (κ1) is 15.8. The second-order valence-electron chi connectivity index (χ2n) is 4.59. The molecule has 0 aliphatic heterocycles. The molecule has 1 atom stereocenters. The Morgan fingerprint density at radius 2 is 2.11 bits per heavy atom. The number of nitrogens with one attached hydrogen (secondary N) is 1. The zero-order valence-corrected chi connectivity index (χ0v) is 11.5. The zero-order valence-electron chi connectivity index (χ0n) is 11.5. The largest absolute Gasteiger partial charge is 0.405 e. The molecule has 0 radical (unpaired) electrons. The molecule has 0 fully saturated rings. The Hall–Kier alpha value is -1.30. The van der Waals surface area contributed by atoms with E-state index in [-0.39, 0.29) is 6.04 Å². The first-order chi connectivity index (χ1) is 8.83. The number of pyridine rings is 1. The van der Waals surface area contributed by atoms with E-state index in [1.165, 1.54) is 7.05 Å². The van der Waals surface area contributed by atoms with E-state index in [1.807, 2.05) is 13.0 Å². The lowest BCUT2D eigenvalue weighted by Crippen LogP contribution is -2.31. The number of nitrogens with zero attached hydrogens (tertiary/aromatic N) is 2. The molecule has 1 unspecified atom stereocenters. The minimum atomic E-state index is -4.22. The molecule has 0 spiro atoms. The highest BCUT2D eigenvalue weighted by atomic mass is 19.4. The molecule has 0 saturated carbocycles. The van der Waals surface area contributed by atoms with Gasteiger partial charge in [-0.25, -0.2) is 4.98 Å². The predicted octanol–water partition coefficient (Wildman–Crippen LogP) is 3.14. The topological polar surface area (TPSA) is 28.2 Å². The molecule has 0 saturated heterocycles. The summed E-state index contributed by atoms with van der Waals surface area (Å²) in [5.74, 6) is 0.333. The van der Waals surface area contributed by atoms with Crippen LogP contribution in [0.4, 0.5) is 19.0 Å². The van der Waals surface area contributed by atoms with Gasteiger partial charge in [-0.05, 0) is 37.6 Å². The van der Waals surface area contributed by atoms with E-state index in [1.54, 1.807) is 12.3 Å². The van der Waals surface area contributed by atoms with Crippen LogP contribution in [0.25, 0.3) is 0 Å². The minimum absolute atomic E-state index is 0.0981. The van der Waals surface area contributed by atoms with Crippen LogP contribution in [0.3, 0.4) is 0 Å². The summed E-state index contributed by atoms with van der Waals surface area (Å²) >= 11 is 0. The third kappa shape index (κ3) is 5.46.